The topological polar surface area (TPSA) is 31.2 Å². The van der Waals surface area contributed by atoms with E-state index in [1.807, 2.05) is 29.8 Å². The van der Waals surface area contributed by atoms with Crippen LogP contribution in [0.1, 0.15) is 17.3 Å². The van der Waals surface area contributed by atoms with Gasteiger partial charge >= 0.3 is 0 Å². The van der Waals surface area contributed by atoms with E-state index in [1.165, 1.54) is 0 Å². The average Bonchev–Trinajstić information content (AvgIpc) is 2.66. The van der Waals surface area contributed by atoms with Crippen LogP contribution in [0, 0.1) is 0 Å². The van der Waals surface area contributed by atoms with Crippen LogP contribution in [-0.2, 0) is 7.05 Å². The second kappa shape index (κ2) is 4.41. The predicted octanol–water partition coefficient (Wildman–Crippen LogP) is 3.00. The number of fused-ring (bicyclic) bond motifs is 1. The minimum Gasteiger partial charge on any atom is -0.496 e. The number of halogens is 1. The molecule has 3 nitrogen and oxygen atoms in total. The van der Waals surface area contributed by atoms with E-state index < -0.39 is 5.38 Å². The smallest absolute Gasteiger partial charge is 0.182 e. The van der Waals surface area contributed by atoms with Gasteiger partial charge in [-0.15, -0.1) is 11.6 Å². The summed E-state index contributed by atoms with van der Waals surface area (Å²) in [6.07, 6.45) is 1.80. The van der Waals surface area contributed by atoms with Crippen LogP contribution < -0.4 is 4.74 Å². The predicted molar refractivity (Wildman–Crippen MR) is 69.1 cm³/mol. The average molecular weight is 252 g/mol. The van der Waals surface area contributed by atoms with E-state index in [2.05, 4.69) is 0 Å². The summed E-state index contributed by atoms with van der Waals surface area (Å²) in [4.78, 5) is 12.0. The van der Waals surface area contributed by atoms with Gasteiger partial charge in [0, 0.05) is 18.8 Å². The normalized spacial score (nSPS) is 12.7. The van der Waals surface area contributed by atoms with Crippen LogP contribution >= 0.6 is 11.6 Å². The zero-order valence-electron chi connectivity index (χ0n) is 10.0. The van der Waals surface area contributed by atoms with Gasteiger partial charge in [0.25, 0.3) is 0 Å². The highest BCUT2D eigenvalue weighted by molar-refractivity contribution is 6.35. The number of hydrogen-bond acceptors (Lipinski definition) is 2. The SMILES string of the molecule is COc1cccc2c1c(C(=O)C(C)Cl)cn2C. The Morgan fingerprint density at radius 1 is 1.47 bits per heavy atom. The Balaban J connectivity index is 2.76. The van der Waals surface area contributed by atoms with Crippen LogP contribution in [0.3, 0.4) is 0 Å². The summed E-state index contributed by atoms with van der Waals surface area (Å²) < 4.78 is 7.21. The lowest BCUT2D eigenvalue weighted by atomic mass is 10.1. The van der Waals surface area contributed by atoms with Gasteiger partial charge in [0.05, 0.1) is 23.4 Å². The second-order valence-electron chi connectivity index (χ2n) is 3.99. The van der Waals surface area contributed by atoms with Crippen molar-refractivity contribution in [1.29, 1.82) is 0 Å². The number of methoxy groups -OCH3 is 1. The number of ether oxygens (including phenoxy) is 1. The van der Waals surface area contributed by atoms with Crippen LogP contribution in [-0.4, -0.2) is 22.8 Å². The Hall–Kier alpha value is -1.48. The molecule has 0 spiro atoms. The molecule has 1 aromatic heterocycles. The van der Waals surface area contributed by atoms with Crippen molar-refractivity contribution in [1.82, 2.24) is 4.57 Å². The van der Waals surface area contributed by atoms with Crippen LogP contribution in [0.15, 0.2) is 24.4 Å². The number of ketones is 1. The first kappa shape index (κ1) is 12.0. The molecular formula is C13H14ClNO2. The number of carbonyl (C=O) groups excluding carboxylic acids is 1. The van der Waals surface area contributed by atoms with Crippen molar-refractivity contribution in [3.63, 3.8) is 0 Å². The summed E-state index contributed by atoms with van der Waals surface area (Å²) in [6.45, 7) is 1.68. The third kappa shape index (κ3) is 1.91. The van der Waals surface area contributed by atoms with Gasteiger partial charge in [-0.3, -0.25) is 4.79 Å². The molecule has 1 atom stereocenters. The summed E-state index contributed by atoms with van der Waals surface area (Å²) in [6, 6.07) is 5.70. The van der Waals surface area contributed by atoms with Crippen molar-refractivity contribution in [2.45, 2.75) is 12.3 Å². The first-order valence-corrected chi connectivity index (χ1v) is 5.80. The molecule has 0 aliphatic heterocycles. The molecule has 0 bridgehead atoms. The molecule has 4 heteroatoms. The molecule has 2 rings (SSSR count). The number of Topliss-reactive ketones (excluding diaryl/α,β-unsaturated/α-hetero) is 1. The van der Waals surface area contributed by atoms with E-state index in [0.717, 1.165) is 10.9 Å². The van der Waals surface area contributed by atoms with Crippen LogP contribution in [0.2, 0.25) is 0 Å². The fraction of sp³-hybridized carbons (Fsp3) is 0.308. The molecule has 1 heterocycles. The van der Waals surface area contributed by atoms with E-state index in [4.69, 9.17) is 16.3 Å². The first-order chi connectivity index (χ1) is 8.06. The van der Waals surface area contributed by atoms with Crippen molar-refractivity contribution in [3.8, 4) is 5.75 Å². The number of alkyl halides is 1. The van der Waals surface area contributed by atoms with Crippen molar-refractivity contribution < 1.29 is 9.53 Å². The minimum atomic E-state index is -0.537. The van der Waals surface area contributed by atoms with Gasteiger partial charge in [-0.2, -0.15) is 0 Å². The molecule has 0 fully saturated rings. The molecule has 0 saturated heterocycles. The molecular weight excluding hydrogens is 238 g/mol. The minimum absolute atomic E-state index is 0.0817. The monoisotopic (exact) mass is 251 g/mol. The molecule has 1 unspecified atom stereocenters. The first-order valence-electron chi connectivity index (χ1n) is 5.36. The van der Waals surface area contributed by atoms with E-state index >= 15 is 0 Å². The molecule has 1 aromatic carbocycles. The Labute approximate surface area is 105 Å². The summed E-state index contributed by atoms with van der Waals surface area (Å²) in [5, 5.41) is 0.292. The highest BCUT2D eigenvalue weighted by atomic mass is 35.5. The summed E-state index contributed by atoms with van der Waals surface area (Å²) in [5.74, 6) is 0.616. The Kier molecular flexibility index (Phi) is 3.11. The maximum Gasteiger partial charge on any atom is 0.182 e. The van der Waals surface area contributed by atoms with Crippen molar-refractivity contribution in [2.75, 3.05) is 7.11 Å². The van der Waals surface area contributed by atoms with Crippen molar-refractivity contribution in [2.24, 2.45) is 7.05 Å². The zero-order chi connectivity index (χ0) is 12.6. The maximum absolute atomic E-state index is 12.0. The molecule has 0 N–H and O–H groups in total. The van der Waals surface area contributed by atoms with Gasteiger partial charge in [-0.25, -0.2) is 0 Å². The molecule has 0 aliphatic carbocycles. The van der Waals surface area contributed by atoms with E-state index in [0.29, 0.717) is 11.3 Å². The van der Waals surface area contributed by atoms with Gasteiger partial charge < -0.3 is 9.30 Å². The quantitative estimate of drug-likeness (QED) is 0.620. The molecule has 0 saturated carbocycles. The lowest BCUT2D eigenvalue weighted by Crippen LogP contribution is -2.10. The van der Waals surface area contributed by atoms with Gasteiger partial charge in [-0.1, -0.05) is 6.07 Å². The number of benzene rings is 1. The Morgan fingerprint density at radius 3 is 2.76 bits per heavy atom. The molecule has 0 radical (unpaired) electrons. The molecule has 90 valence electrons. The van der Waals surface area contributed by atoms with E-state index in [1.54, 1.807) is 20.2 Å². The van der Waals surface area contributed by atoms with Gasteiger partial charge in [-0.05, 0) is 19.1 Å². The fourth-order valence-corrected chi connectivity index (χ4v) is 2.10. The molecule has 17 heavy (non-hydrogen) atoms. The van der Waals surface area contributed by atoms with Crippen LogP contribution in [0.25, 0.3) is 10.9 Å². The lowest BCUT2D eigenvalue weighted by Gasteiger charge is -2.05. The van der Waals surface area contributed by atoms with E-state index in [9.17, 15) is 4.79 Å². The molecule has 0 aliphatic rings. The number of aromatic nitrogens is 1. The summed E-state index contributed by atoms with van der Waals surface area (Å²) >= 11 is 5.87. The molecule has 2 aromatic rings. The van der Waals surface area contributed by atoms with Gasteiger partial charge in [0.1, 0.15) is 5.75 Å². The number of hydrogen-bond donors (Lipinski definition) is 0. The summed E-state index contributed by atoms with van der Waals surface area (Å²) in [7, 11) is 3.50. The zero-order valence-corrected chi connectivity index (χ0v) is 10.8. The largest absolute Gasteiger partial charge is 0.496 e. The third-order valence-corrected chi connectivity index (χ3v) is 3.02. The highest BCUT2D eigenvalue weighted by Crippen LogP contribution is 2.31. The number of carbonyl (C=O) groups is 1. The number of nitrogens with zero attached hydrogens (tertiary/aromatic N) is 1. The van der Waals surface area contributed by atoms with Crippen molar-refractivity contribution >= 4 is 28.3 Å². The number of rotatable bonds is 3. The summed E-state index contributed by atoms with van der Waals surface area (Å²) in [5.41, 5.74) is 1.58. The van der Waals surface area contributed by atoms with E-state index in [-0.39, 0.29) is 5.78 Å². The van der Waals surface area contributed by atoms with Gasteiger partial charge in [0.2, 0.25) is 0 Å². The van der Waals surface area contributed by atoms with Crippen LogP contribution in [0.5, 0.6) is 5.75 Å². The molecule has 0 amide bonds. The third-order valence-electron chi connectivity index (χ3n) is 2.82. The Bertz CT molecular complexity index is 572. The number of aryl methyl sites for hydroxylation is 1. The Morgan fingerprint density at radius 2 is 2.18 bits per heavy atom. The maximum atomic E-state index is 12.0. The lowest BCUT2D eigenvalue weighted by molar-refractivity contribution is 0.0993. The fourth-order valence-electron chi connectivity index (χ4n) is 1.98. The van der Waals surface area contributed by atoms with Gasteiger partial charge in [0.15, 0.2) is 5.78 Å². The standard InChI is InChI=1S/C13H14ClNO2/c1-8(14)13(16)9-7-15(2)10-5-4-6-11(17-3)12(9)10/h4-8H,1-3H3. The van der Waals surface area contributed by atoms with Crippen molar-refractivity contribution in [3.05, 3.63) is 30.0 Å². The van der Waals surface area contributed by atoms with Crippen LogP contribution in [0.4, 0.5) is 0 Å². The highest BCUT2D eigenvalue weighted by Gasteiger charge is 2.20. The second-order valence-corrected chi connectivity index (χ2v) is 4.64.